The van der Waals surface area contributed by atoms with Crippen LogP contribution in [0.2, 0.25) is 0 Å². The van der Waals surface area contributed by atoms with Gasteiger partial charge < -0.3 is 0 Å². The van der Waals surface area contributed by atoms with Crippen LogP contribution in [0.25, 0.3) is 11.1 Å². The van der Waals surface area contributed by atoms with Crippen LogP contribution in [0.4, 0.5) is 0 Å². The fourth-order valence-corrected chi connectivity index (χ4v) is 13.1. The summed E-state index contributed by atoms with van der Waals surface area (Å²) >= 11 is -2.93. The molecular weight excluding hydrogens is 503 g/mol. The third-order valence-electron chi connectivity index (χ3n) is 7.76. The zero-order valence-corrected chi connectivity index (χ0v) is 24.7. The number of allylic oxidation sites excluding steroid dienone is 4. The Morgan fingerprint density at radius 2 is 1.49 bits per heavy atom. The minimum atomic E-state index is -2.93. The molecule has 0 aromatic heterocycles. The zero-order chi connectivity index (χ0) is 23.2. The van der Waals surface area contributed by atoms with Crippen molar-refractivity contribution in [3.8, 4) is 11.1 Å². The second kappa shape index (κ2) is 11.1. The first-order valence-electron chi connectivity index (χ1n) is 12.5. The number of hydrogen-bond acceptors (Lipinski definition) is 0. The van der Waals surface area contributed by atoms with Crippen LogP contribution in [-0.4, -0.2) is 4.31 Å². The average Bonchev–Trinajstić information content (AvgIpc) is 3.48. The molecule has 1 atom stereocenters. The van der Waals surface area contributed by atoms with Crippen LogP contribution in [0.1, 0.15) is 75.1 Å². The summed E-state index contributed by atoms with van der Waals surface area (Å²) in [5.41, 5.74) is 8.97. The number of halogens is 2. The van der Waals surface area contributed by atoms with Gasteiger partial charge in [-0.25, -0.2) is 0 Å². The van der Waals surface area contributed by atoms with Gasteiger partial charge in [-0.1, -0.05) is 0 Å². The molecule has 2 aliphatic rings. The molecule has 35 heavy (non-hydrogen) atoms. The van der Waals surface area contributed by atoms with Gasteiger partial charge >= 0.3 is 204 Å². The van der Waals surface area contributed by atoms with Crippen LogP contribution in [0.5, 0.6) is 0 Å². The third kappa shape index (κ3) is 4.72. The molecule has 0 saturated heterocycles. The van der Waals surface area contributed by atoms with Gasteiger partial charge in [0.2, 0.25) is 0 Å². The third-order valence-corrected chi connectivity index (χ3v) is 15.2. The molecule has 1 unspecified atom stereocenters. The van der Waals surface area contributed by atoms with Crippen molar-refractivity contribution < 1.29 is 16.1 Å². The van der Waals surface area contributed by atoms with Crippen molar-refractivity contribution in [3.63, 3.8) is 0 Å². The maximum atomic E-state index is 2.64. The van der Waals surface area contributed by atoms with E-state index in [1.165, 1.54) is 27.8 Å². The standard InChI is InChI=1S/C19H21.C6H5.C5H5.C2H4.2ClH.Ti/c1-12(2)14-5-7-16-9-17-8-6-15(13(3)4)11-19(17)18(16)10-14;1-2-4-6-5-3-1;1-2-4-5-3-1;1-2;;;/h5-7,10-13H,9H2,1-4H3;1-5H;1-3H,4H2;1H,2H3;2*1H;. The summed E-state index contributed by atoms with van der Waals surface area (Å²) in [4.78, 5) is 0. The summed E-state index contributed by atoms with van der Waals surface area (Å²) in [6, 6.07) is 23.7. The van der Waals surface area contributed by atoms with Gasteiger partial charge in [0.1, 0.15) is 0 Å². The molecule has 3 aromatic carbocycles. The SMILES string of the molecule is C[CH]=[Ti]([C]1=CC=CC1)([c]1ccccc1)[c]1cc(C(C)C)cc2c1Cc1ccc(C(C)C)cc1-2.Cl.Cl. The summed E-state index contributed by atoms with van der Waals surface area (Å²) in [6.07, 6.45) is 9.20. The molecule has 2 aliphatic carbocycles. The van der Waals surface area contributed by atoms with Crippen LogP contribution in [0.3, 0.4) is 0 Å². The van der Waals surface area contributed by atoms with E-state index in [2.05, 4.69) is 118 Å². The van der Waals surface area contributed by atoms with Gasteiger partial charge in [0.25, 0.3) is 0 Å². The molecule has 0 fully saturated rings. The largest absolute Gasteiger partial charge is 0.147 e. The minimum Gasteiger partial charge on any atom is -0.147 e. The number of fused-ring (bicyclic) bond motifs is 3. The molecule has 0 spiro atoms. The monoisotopic (exact) mass is 539 g/mol. The summed E-state index contributed by atoms with van der Waals surface area (Å²) in [6.45, 7) is 11.6. The molecular formula is C32H37Cl2Ti. The van der Waals surface area contributed by atoms with Crippen molar-refractivity contribution in [2.24, 2.45) is 0 Å². The van der Waals surface area contributed by atoms with Crippen LogP contribution in [0.15, 0.2) is 82.8 Å². The van der Waals surface area contributed by atoms with E-state index in [4.69, 9.17) is 0 Å². The second-order valence-corrected chi connectivity index (χ2v) is 16.5. The van der Waals surface area contributed by atoms with E-state index in [1.54, 1.807) is 17.2 Å². The fraction of sp³-hybridized carbons (Fsp3) is 0.281. The van der Waals surface area contributed by atoms with E-state index in [0.717, 1.165) is 12.8 Å². The Kier molecular flexibility index (Phi) is 8.88. The number of rotatable bonds is 5. The molecule has 0 radical (unpaired) electrons. The van der Waals surface area contributed by atoms with E-state index in [9.17, 15) is 0 Å². The van der Waals surface area contributed by atoms with Crippen LogP contribution in [0, 0.1) is 0 Å². The molecule has 5 rings (SSSR count). The van der Waals surface area contributed by atoms with Crippen molar-refractivity contribution in [1.29, 1.82) is 0 Å². The molecule has 0 amide bonds. The van der Waals surface area contributed by atoms with Gasteiger partial charge in [0, 0.05) is 0 Å². The Labute approximate surface area is 227 Å². The molecule has 0 saturated carbocycles. The van der Waals surface area contributed by atoms with Crippen molar-refractivity contribution in [2.45, 2.75) is 59.3 Å². The Morgan fingerprint density at radius 3 is 2.09 bits per heavy atom. The number of benzene rings is 3. The Hall–Kier alpha value is -1.70. The van der Waals surface area contributed by atoms with E-state index in [0.29, 0.717) is 11.8 Å². The molecule has 3 aromatic rings. The van der Waals surface area contributed by atoms with Crippen molar-refractivity contribution in [3.05, 3.63) is 105 Å². The van der Waals surface area contributed by atoms with E-state index < -0.39 is 16.1 Å². The summed E-state index contributed by atoms with van der Waals surface area (Å²) in [5.74, 6) is 1.06. The van der Waals surface area contributed by atoms with E-state index in [-0.39, 0.29) is 24.8 Å². The first kappa shape index (κ1) is 27.9. The van der Waals surface area contributed by atoms with Crippen molar-refractivity contribution >= 4 is 36.9 Å². The quantitative estimate of drug-likeness (QED) is 0.224. The van der Waals surface area contributed by atoms with Gasteiger partial charge in [0.15, 0.2) is 0 Å². The summed E-state index contributed by atoms with van der Waals surface area (Å²) in [7, 11) is 0. The first-order valence-corrected chi connectivity index (χ1v) is 15.7. The molecule has 0 aliphatic heterocycles. The van der Waals surface area contributed by atoms with Crippen molar-refractivity contribution in [2.75, 3.05) is 0 Å². The minimum absolute atomic E-state index is 0. The van der Waals surface area contributed by atoms with Gasteiger partial charge in [-0.2, -0.15) is 0 Å². The topological polar surface area (TPSA) is 0 Å². The summed E-state index contributed by atoms with van der Waals surface area (Å²) < 4.78 is 7.50. The second-order valence-electron chi connectivity index (χ2n) is 10.3. The maximum absolute atomic E-state index is 2.93. The normalized spacial score (nSPS) is 15.1. The van der Waals surface area contributed by atoms with E-state index >= 15 is 0 Å². The zero-order valence-electron chi connectivity index (χ0n) is 21.5. The molecule has 3 heteroatoms. The van der Waals surface area contributed by atoms with Crippen LogP contribution >= 0.6 is 24.8 Å². The molecule has 0 nitrogen and oxygen atoms in total. The maximum Gasteiger partial charge on any atom is -0.147 e. The van der Waals surface area contributed by atoms with Gasteiger partial charge in [-0.3, -0.25) is 0 Å². The van der Waals surface area contributed by atoms with Gasteiger partial charge in [-0.15, -0.1) is 24.8 Å². The Balaban J connectivity index is 0.00000171. The van der Waals surface area contributed by atoms with E-state index in [1.807, 2.05) is 0 Å². The van der Waals surface area contributed by atoms with Crippen LogP contribution in [-0.2, 0) is 22.5 Å². The molecule has 0 N–H and O–H groups in total. The molecule has 183 valence electrons. The first-order chi connectivity index (χ1) is 16.0. The van der Waals surface area contributed by atoms with Gasteiger partial charge in [0.05, 0.1) is 0 Å². The summed E-state index contributed by atoms with van der Waals surface area (Å²) in [5, 5.41) is 0. The number of hydrogen-bond donors (Lipinski definition) is 0. The molecule has 0 heterocycles. The van der Waals surface area contributed by atoms with Crippen LogP contribution < -0.4 is 7.74 Å². The average molecular weight is 540 g/mol. The predicted octanol–water partition coefficient (Wildman–Crippen LogP) is 8.12. The Morgan fingerprint density at radius 1 is 0.800 bits per heavy atom. The smallest absolute Gasteiger partial charge is 0.147 e. The fourth-order valence-electron chi connectivity index (χ4n) is 5.82. The molecule has 0 bridgehead atoms. The Bertz CT molecular complexity index is 1330. The predicted molar refractivity (Wildman–Crippen MR) is 157 cm³/mol. The van der Waals surface area contributed by atoms with Crippen molar-refractivity contribution in [1.82, 2.24) is 0 Å². The van der Waals surface area contributed by atoms with Gasteiger partial charge in [-0.05, 0) is 0 Å².